The van der Waals surface area contributed by atoms with Gasteiger partial charge < -0.3 is 15.5 Å². The molecule has 2 N–H and O–H groups in total. The van der Waals surface area contributed by atoms with Gasteiger partial charge in [-0.3, -0.25) is 14.9 Å². The zero-order chi connectivity index (χ0) is 18.7. The van der Waals surface area contributed by atoms with Gasteiger partial charge in [-0.15, -0.1) is 0 Å². The van der Waals surface area contributed by atoms with Crippen molar-refractivity contribution < 1.29 is 9.72 Å². The van der Waals surface area contributed by atoms with Crippen LogP contribution in [-0.2, 0) is 0 Å². The number of nitrogens with zero attached hydrogens (tertiary/aromatic N) is 2. The molecule has 1 saturated heterocycles. The van der Waals surface area contributed by atoms with Crippen LogP contribution in [0, 0.1) is 10.1 Å². The smallest absolute Gasteiger partial charge is 0.305 e. The van der Waals surface area contributed by atoms with Crippen molar-refractivity contribution in [1.29, 1.82) is 0 Å². The third kappa shape index (κ3) is 3.90. The van der Waals surface area contributed by atoms with Crippen molar-refractivity contribution in [2.24, 2.45) is 0 Å². The molecule has 136 valence electrons. The lowest BCUT2D eigenvalue weighted by Gasteiger charge is -2.29. The number of carbonyl (C=O) groups excluding carboxylic acids is 1. The van der Waals surface area contributed by atoms with Gasteiger partial charge in [-0.2, -0.15) is 0 Å². The molecule has 7 nitrogen and oxygen atoms in total. The molecule has 0 aliphatic carbocycles. The summed E-state index contributed by atoms with van der Waals surface area (Å²) in [6, 6.07) is 9.38. The van der Waals surface area contributed by atoms with E-state index in [-0.39, 0.29) is 16.3 Å². The highest BCUT2D eigenvalue weighted by Gasteiger charge is 2.28. The highest BCUT2D eigenvalue weighted by molar-refractivity contribution is 6.42. The Morgan fingerprint density at radius 3 is 2.54 bits per heavy atom. The number of amides is 1. The number of anilines is 2. The van der Waals surface area contributed by atoms with Crippen molar-refractivity contribution in [2.75, 3.05) is 36.4 Å². The highest BCUT2D eigenvalue weighted by atomic mass is 35.5. The molecule has 0 radical (unpaired) electrons. The van der Waals surface area contributed by atoms with Crippen molar-refractivity contribution in [3.05, 3.63) is 62.1 Å². The van der Waals surface area contributed by atoms with E-state index in [1.54, 1.807) is 24.3 Å². The number of rotatable bonds is 4. The summed E-state index contributed by atoms with van der Waals surface area (Å²) in [5.74, 6) is -0.577. The molecule has 3 rings (SSSR count). The molecule has 1 heterocycles. The van der Waals surface area contributed by atoms with E-state index in [4.69, 9.17) is 23.2 Å². The third-order valence-electron chi connectivity index (χ3n) is 4.08. The standard InChI is InChI=1S/C17H16Cl2N4O3/c18-13-5-4-11(10-14(13)19)21-17(24)12-2-1-3-15(16(12)23(25)26)22-8-6-20-7-9-22/h1-5,10,20H,6-9H2,(H,21,24). The van der Waals surface area contributed by atoms with E-state index in [1.807, 2.05) is 4.90 Å². The zero-order valence-electron chi connectivity index (χ0n) is 13.7. The van der Waals surface area contributed by atoms with Gasteiger partial charge in [-0.05, 0) is 30.3 Å². The quantitative estimate of drug-likeness (QED) is 0.611. The molecule has 2 aromatic carbocycles. The molecule has 1 aliphatic heterocycles. The third-order valence-corrected chi connectivity index (χ3v) is 4.82. The minimum atomic E-state index is -0.577. The maximum Gasteiger partial charge on any atom is 0.305 e. The summed E-state index contributed by atoms with van der Waals surface area (Å²) >= 11 is 11.8. The number of carbonyl (C=O) groups is 1. The minimum absolute atomic E-state index is 0.00268. The van der Waals surface area contributed by atoms with E-state index in [2.05, 4.69) is 10.6 Å². The molecule has 0 saturated carbocycles. The summed E-state index contributed by atoms with van der Waals surface area (Å²) in [6.45, 7) is 2.74. The lowest BCUT2D eigenvalue weighted by molar-refractivity contribution is -0.384. The second-order valence-corrected chi connectivity index (χ2v) is 6.56. The Morgan fingerprint density at radius 1 is 1.15 bits per heavy atom. The summed E-state index contributed by atoms with van der Waals surface area (Å²) in [7, 11) is 0. The van der Waals surface area contributed by atoms with Gasteiger partial charge in [0.05, 0.1) is 15.0 Å². The van der Waals surface area contributed by atoms with Crippen LogP contribution in [0.15, 0.2) is 36.4 Å². The van der Waals surface area contributed by atoms with Crippen molar-refractivity contribution in [3.8, 4) is 0 Å². The van der Waals surface area contributed by atoms with E-state index in [0.29, 0.717) is 29.5 Å². The Labute approximate surface area is 160 Å². The average Bonchev–Trinajstić information content (AvgIpc) is 2.64. The number of nitro benzene ring substituents is 1. The van der Waals surface area contributed by atoms with Gasteiger partial charge in [0.1, 0.15) is 11.3 Å². The lowest BCUT2D eigenvalue weighted by atomic mass is 10.1. The topological polar surface area (TPSA) is 87.5 Å². The van der Waals surface area contributed by atoms with E-state index in [0.717, 1.165) is 13.1 Å². The summed E-state index contributed by atoms with van der Waals surface area (Å²) in [4.78, 5) is 25.7. The fourth-order valence-corrected chi connectivity index (χ4v) is 3.14. The Hall–Kier alpha value is -2.35. The lowest BCUT2D eigenvalue weighted by Crippen LogP contribution is -2.43. The first-order chi connectivity index (χ1) is 12.5. The average molecular weight is 395 g/mol. The number of halogens is 2. The zero-order valence-corrected chi connectivity index (χ0v) is 15.2. The second kappa shape index (κ2) is 7.90. The first-order valence-corrected chi connectivity index (χ1v) is 8.72. The van der Waals surface area contributed by atoms with Gasteiger partial charge >= 0.3 is 5.69 Å². The van der Waals surface area contributed by atoms with Gasteiger partial charge in [0.25, 0.3) is 5.91 Å². The molecule has 26 heavy (non-hydrogen) atoms. The van der Waals surface area contributed by atoms with E-state index in [9.17, 15) is 14.9 Å². The molecule has 2 aromatic rings. The first-order valence-electron chi connectivity index (χ1n) is 7.97. The van der Waals surface area contributed by atoms with Crippen molar-refractivity contribution >= 4 is 46.2 Å². The van der Waals surface area contributed by atoms with Crippen LogP contribution in [0.5, 0.6) is 0 Å². The SMILES string of the molecule is O=C(Nc1ccc(Cl)c(Cl)c1)c1cccc(N2CCNCC2)c1[N+](=O)[O-]. The number of nitrogens with one attached hydrogen (secondary N) is 2. The molecule has 1 amide bonds. The Balaban J connectivity index is 1.94. The van der Waals surface area contributed by atoms with Crippen LogP contribution >= 0.6 is 23.2 Å². The maximum atomic E-state index is 12.6. The predicted molar refractivity (Wildman–Crippen MR) is 103 cm³/mol. The number of hydrogen-bond donors (Lipinski definition) is 2. The number of para-hydroxylation sites is 1. The fourth-order valence-electron chi connectivity index (χ4n) is 2.84. The van der Waals surface area contributed by atoms with Gasteiger partial charge in [0.2, 0.25) is 0 Å². The molecule has 0 unspecified atom stereocenters. The summed E-state index contributed by atoms with van der Waals surface area (Å²) in [6.07, 6.45) is 0. The van der Waals surface area contributed by atoms with Gasteiger partial charge in [0, 0.05) is 31.9 Å². The van der Waals surface area contributed by atoms with Crippen LogP contribution in [0.4, 0.5) is 17.1 Å². The number of piperazine rings is 1. The van der Waals surface area contributed by atoms with Crippen molar-refractivity contribution in [2.45, 2.75) is 0 Å². The summed E-state index contributed by atoms with van der Waals surface area (Å²) in [5.41, 5.74) is 0.647. The Morgan fingerprint density at radius 2 is 1.88 bits per heavy atom. The molecule has 1 aliphatic rings. The fraction of sp³-hybridized carbons (Fsp3) is 0.235. The highest BCUT2D eigenvalue weighted by Crippen LogP contribution is 2.33. The molecule has 9 heteroatoms. The Kier molecular flexibility index (Phi) is 5.61. The number of nitro groups is 1. The minimum Gasteiger partial charge on any atom is -0.363 e. The molecule has 0 spiro atoms. The largest absolute Gasteiger partial charge is 0.363 e. The van der Waals surface area contributed by atoms with Crippen LogP contribution in [0.2, 0.25) is 10.0 Å². The second-order valence-electron chi connectivity index (χ2n) is 5.75. The molecule has 0 bridgehead atoms. The monoisotopic (exact) mass is 394 g/mol. The molecule has 1 fully saturated rings. The summed E-state index contributed by atoms with van der Waals surface area (Å²) in [5, 5.41) is 18.2. The summed E-state index contributed by atoms with van der Waals surface area (Å²) < 4.78 is 0. The number of hydrogen-bond acceptors (Lipinski definition) is 5. The van der Waals surface area contributed by atoms with E-state index < -0.39 is 10.8 Å². The van der Waals surface area contributed by atoms with Gasteiger partial charge in [0.15, 0.2) is 0 Å². The van der Waals surface area contributed by atoms with Crippen molar-refractivity contribution in [1.82, 2.24) is 5.32 Å². The van der Waals surface area contributed by atoms with E-state index >= 15 is 0 Å². The van der Waals surface area contributed by atoms with Crippen LogP contribution in [-0.4, -0.2) is 37.0 Å². The molecular formula is C17H16Cl2N4O3. The van der Waals surface area contributed by atoms with E-state index in [1.165, 1.54) is 12.1 Å². The Bertz CT molecular complexity index is 854. The molecular weight excluding hydrogens is 379 g/mol. The first kappa shape index (κ1) is 18.4. The van der Waals surface area contributed by atoms with Crippen LogP contribution in [0.25, 0.3) is 0 Å². The van der Waals surface area contributed by atoms with Crippen LogP contribution < -0.4 is 15.5 Å². The predicted octanol–water partition coefficient (Wildman–Crippen LogP) is 3.56. The van der Waals surface area contributed by atoms with Crippen molar-refractivity contribution in [3.63, 3.8) is 0 Å². The van der Waals surface area contributed by atoms with Gasteiger partial charge in [-0.25, -0.2) is 0 Å². The number of benzene rings is 2. The maximum absolute atomic E-state index is 12.6. The van der Waals surface area contributed by atoms with Crippen LogP contribution in [0.3, 0.4) is 0 Å². The van der Waals surface area contributed by atoms with Crippen LogP contribution in [0.1, 0.15) is 10.4 Å². The van der Waals surface area contributed by atoms with Gasteiger partial charge in [-0.1, -0.05) is 29.3 Å². The molecule has 0 aromatic heterocycles. The molecule has 0 atom stereocenters. The normalized spacial score (nSPS) is 14.2.